The van der Waals surface area contributed by atoms with E-state index in [9.17, 15) is 9.18 Å². The highest BCUT2D eigenvalue weighted by molar-refractivity contribution is 7.15. The Hall–Kier alpha value is -2.99. The number of carboxylic acids is 1. The highest BCUT2D eigenvalue weighted by Gasteiger charge is 2.24. The van der Waals surface area contributed by atoms with Crippen molar-refractivity contribution < 1.29 is 19.0 Å². The molecule has 0 unspecified atom stereocenters. The number of nitrogens with zero attached hydrogens (tertiary/aromatic N) is 1. The first-order valence-corrected chi connectivity index (χ1v) is 10.2. The third kappa shape index (κ3) is 4.38. The highest BCUT2D eigenvalue weighted by atomic mass is 32.1. The van der Waals surface area contributed by atoms with Gasteiger partial charge in [0.25, 0.3) is 0 Å². The molecule has 6 heteroatoms. The van der Waals surface area contributed by atoms with E-state index < -0.39 is 5.97 Å². The van der Waals surface area contributed by atoms with Gasteiger partial charge in [-0.3, -0.25) is 4.79 Å². The number of hydrogen-bond acceptors (Lipinski definition) is 4. The number of ether oxygens (including phenoxy) is 1. The third-order valence-electron chi connectivity index (χ3n) is 5.07. The van der Waals surface area contributed by atoms with E-state index >= 15 is 0 Å². The van der Waals surface area contributed by atoms with Crippen molar-refractivity contribution in [3.63, 3.8) is 0 Å². The van der Waals surface area contributed by atoms with Crippen LogP contribution in [0.15, 0.2) is 48.7 Å². The predicted molar refractivity (Wildman–Crippen MR) is 112 cm³/mol. The SMILES string of the molecule is Cc1sc(-c2cccc(F)c2)nc1/C=C/Oc1ccc2c(c1)CC[C@H]2CC(=O)O. The summed E-state index contributed by atoms with van der Waals surface area (Å²) < 4.78 is 19.2. The number of aryl methyl sites for hydroxylation is 2. The molecule has 0 saturated heterocycles. The quantitative estimate of drug-likeness (QED) is 0.522. The topological polar surface area (TPSA) is 59.4 Å². The second-order valence-corrected chi connectivity index (χ2v) is 8.29. The van der Waals surface area contributed by atoms with Gasteiger partial charge in [-0.2, -0.15) is 0 Å². The second-order valence-electron chi connectivity index (χ2n) is 7.09. The molecule has 2 aromatic carbocycles. The molecule has 1 aromatic heterocycles. The Balaban J connectivity index is 1.45. The molecule has 29 heavy (non-hydrogen) atoms. The molecule has 0 spiro atoms. The monoisotopic (exact) mass is 409 g/mol. The van der Waals surface area contributed by atoms with Crippen LogP contribution in [0.25, 0.3) is 16.6 Å². The molecule has 1 N–H and O–H groups in total. The number of hydrogen-bond donors (Lipinski definition) is 1. The molecule has 3 aromatic rings. The fourth-order valence-electron chi connectivity index (χ4n) is 3.66. The van der Waals surface area contributed by atoms with Gasteiger partial charge in [0.15, 0.2) is 0 Å². The fraction of sp³-hybridized carbons (Fsp3) is 0.217. The number of carboxylic acid groups (broad SMARTS) is 1. The van der Waals surface area contributed by atoms with Gasteiger partial charge < -0.3 is 9.84 Å². The van der Waals surface area contributed by atoms with Gasteiger partial charge in [-0.25, -0.2) is 9.37 Å². The van der Waals surface area contributed by atoms with Gasteiger partial charge in [0.05, 0.1) is 18.4 Å². The van der Waals surface area contributed by atoms with Crippen LogP contribution < -0.4 is 4.74 Å². The van der Waals surface area contributed by atoms with Crippen molar-refractivity contribution in [2.45, 2.75) is 32.1 Å². The standard InChI is InChI=1S/C23H20FNO3S/c1-14-21(25-23(29-14)17-3-2-4-18(24)11-17)9-10-28-19-7-8-20-15(12-19)5-6-16(20)13-22(26)27/h2-4,7-12,16H,5-6,13H2,1H3,(H,26,27)/b10-9+/t16-/m0/s1. The summed E-state index contributed by atoms with van der Waals surface area (Å²) in [5, 5.41) is 9.80. The summed E-state index contributed by atoms with van der Waals surface area (Å²) in [5.74, 6) is -0.236. The second kappa shape index (κ2) is 8.17. The Morgan fingerprint density at radius 3 is 3.00 bits per heavy atom. The van der Waals surface area contributed by atoms with E-state index in [1.54, 1.807) is 18.4 Å². The molecular weight excluding hydrogens is 389 g/mol. The zero-order valence-corrected chi connectivity index (χ0v) is 16.7. The first kappa shape index (κ1) is 19.3. The van der Waals surface area contributed by atoms with Crippen LogP contribution in [0.5, 0.6) is 5.75 Å². The maximum absolute atomic E-state index is 13.4. The molecule has 1 atom stereocenters. The molecule has 0 amide bonds. The summed E-state index contributed by atoms with van der Waals surface area (Å²) in [6.45, 7) is 1.97. The molecule has 0 aliphatic heterocycles. The van der Waals surface area contributed by atoms with Crippen molar-refractivity contribution >= 4 is 23.4 Å². The van der Waals surface area contributed by atoms with Gasteiger partial charge in [0.2, 0.25) is 0 Å². The van der Waals surface area contributed by atoms with E-state index in [4.69, 9.17) is 9.84 Å². The Kier molecular flexibility index (Phi) is 5.45. The number of halogens is 1. The molecule has 4 rings (SSSR count). The maximum atomic E-state index is 13.4. The first-order valence-electron chi connectivity index (χ1n) is 9.41. The third-order valence-corrected chi connectivity index (χ3v) is 6.11. The van der Waals surface area contributed by atoms with E-state index in [0.717, 1.165) is 45.1 Å². The lowest BCUT2D eigenvalue weighted by molar-refractivity contribution is -0.137. The number of carbonyl (C=O) groups is 1. The summed E-state index contributed by atoms with van der Waals surface area (Å²) in [7, 11) is 0. The molecule has 0 bridgehead atoms. The van der Waals surface area contributed by atoms with Crippen molar-refractivity contribution in [1.29, 1.82) is 0 Å². The Morgan fingerprint density at radius 1 is 1.34 bits per heavy atom. The summed E-state index contributed by atoms with van der Waals surface area (Å²) in [4.78, 5) is 16.6. The van der Waals surface area contributed by atoms with Crippen molar-refractivity contribution in [3.05, 3.63) is 76.2 Å². The van der Waals surface area contributed by atoms with E-state index in [0.29, 0.717) is 5.75 Å². The van der Waals surface area contributed by atoms with Gasteiger partial charge in [-0.15, -0.1) is 11.3 Å². The van der Waals surface area contributed by atoms with Crippen LogP contribution >= 0.6 is 11.3 Å². The Labute approximate surface area is 172 Å². The average molecular weight is 409 g/mol. The number of benzene rings is 2. The van der Waals surface area contributed by atoms with Crippen LogP contribution in [-0.2, 0) is 11.2 Å². The molecule has 1 heterocycles. The minimum absolute atomic E-state index is 0.0889. The highest BCUT2D eigenvalue weighted by Crippen LogP contribution is 2.37. The lowest BCUT2D eigenvalue weighted by Gasteiger charge is -2.09. The van der Waals surface area contributed by atoms with Gasteiger partial charge in [-0.1, -0.05) is 18.2 Å². The van der Waals surface area contributed by atoms with Crippen LogP contribution in [0.3, 0.4) is 0 Å². The van der Waals surface area contributed by atoms with Crippen LogP contribution in [0.1, 0.15) is 40.5 Å². The number of aliphatic carboxylic acids is 1. The number of rotatable bonds is 6. The van der Waals surface area contributed by atoms with Gasteiger partial charge in [-0.05, 0) is 61.1 Å². The lowest BCUT2D eigenvalue weighted by Crippen LogP contribution is -2.02. The van der Waals surface area contributed by atoms with Crippen molar-refractivity contribution in [1.82, 2.24) is 4.98 Å². The van der Waals surface area contributed by atoms with Crippen LogP contribution in [0, 0.1) is 12.7 Å². The van der Waals surface area contributed by atoms with Crippen molar-refractivity contribution in [2.75, 3.05) is 0 Å². The minimum Gasteiger partial charge on any atom is -0.481 e. The molecule has 148 valence electrons. The van der Waals surface area contributed by atoms with E-state index in [1.807, 2.05) is 31.2 Å². The largest absolute Gasteiger partial charge is 0.481 e. The molecule has 1 aliphatic carbocycles. The molecular formula is C23H20FNO3S. The van der Waals surface area contributed by atoms with Gasteiger partial charge in [0.1, 0.15) is 16.6 Å². The molecule has 0 radical (unpaired) electrons. The minimum atomic E-state index is -0.762. The van der Waals surface area contributed by atoms with E-state index in [-0.39, 0.29) is 18.2 Å². The van der Waals surface area contributed by atoms with Crippen molar-refractivity contribution in [2.24, 2.45) is 0 Å². The van der Waals surface area contributed by atoms with E-state index in [1.165, 1.54) is 23.5 Å². The summed E-state index contributed by atoms with van der Waals surface area (Å²) in [6, 6.07) is 12.2. The van der Waals surface area contributed by atoms with Gasteiger partial charge in [0, 0.05) is 16.5 Å². The summed E-state index contributed by atoms with van der Waals surface area (Å²) >= 11 is 1.51. The molecule has 0 fully saturated rings. The zero-order chi connectivity index (χ0) is 20.4. The van der Waals surface area contributed by atoms with Crippen LogP contribution in [0.4, 0.5) is 4.39 Å². The first-order chi connectivity index (χ1) is 14.0. The lowest BCUT2D eigenvalue weighted by atomic mass is 9.98. The number of thiazole rings is 1. The average Bonchev–Trinajstić information content (AvgIpc) is 3.25. The van der Waals surface area contributed by atoms with Crippen molar-refractivity contribution in [3.8, 4) is 16.3 Å². The smallest absolute Gasteiger partial charge is 0.303 e. The fourth-order valence-corrected chi connectivity index (χ4v) is 4.56. The predicted octanol–water partition coefficient (Wildman–Crippen LogP) is 5.81. The van der Waals surface area contributed by atoms with Crippen LogP contribution in [0.2, 0.25) is 0 Å². The molecule has 4 nitrogen and oxygen atoms in total. The van der Waals surface area contributed by atoms with Crippen LogP contribution in [-0.4, -0.2) is 16.1 Å². The summed E-state index contributed by atoms with van der Waals surface area (Å²) in [6.07, 6.45) is 5.31. The molecule has 1 aliphatic rings. The Morgan fingerprint density at radius 2 is 2.21 bits per heavy atom. The zero-order valence-electron chi connectivity index (χ0n) is 15.9. The van der Waals surface area contributed by atoms with E-state index in [2.05, 4.69) is 4.98 Å². The normalized spacial score (nSPS) is 15.6. The van der Waals surface area contributed by atoms with Gasteiger partial charge >= 0.3 is 5.97 Å². The number of fused-ring (bicyclic) bond motifs is 1. The Bertz CT molecular complexity index is 1090. The number of aromatic nitrogens is 1. The maximum Gasteiger partial charge on any atom is 0.303 e. The summed E-state index contributed by atoms with van der Waals surface area (Å²) in [5.41, 5.74) is 3.81. The molecule has 0 saturated carbocycles.